The van der Waals surface area contributed by atoms with Gasteiger partial charge in [0.2, 0.25) is 5.91 Å². The van der Waals surface area contributed by atoms with E-state index >= 15 is 0 Å². The fourth-order valence-corrected chi connectivity index (χ4v) is 4.88. The summed E-state index contributed by atoms with van der Waals surface area (Å²) in [6.45, 7) is -0.253. The standard InChI is InChI=1S/C21H21F2N3O3S/c1-24(15-5-3-2-4-6-15)18(27)12-25-17-7-8-30-19(17)20(28)26(21(25)29)16-10-13(22)9-14(23)11-16/h7-11,15H,2-6,12H2,1H3. The first kappa shape index (κ1) is 20.5. The molecule has 9 heteroatoms. The second-order valence-electron chi connectivity index (χ2n) is 7.57. The highest BCUT2D eigenvalue weighted by Gasteiger charge is 2.24. The zero-order valence-corrected chi connectivity index (χ0v) is 17.3. The van der Waals surface area contributed by atoms with Crippen LogP contribution in [0.25, 0.3) is 15.9 Å². The van der Waals surface area contributed by atoms with Crippen molar-refractivity contribution in [3.8, 4) is 5.69 Å². The number of aromatic nitrogens is 2. The normalized spacial score (nSPS) is 14.9. The number of carbonyl (C=O) groups excluding carboxylic acids is 1. The lowest BCUT2D eigenvalue weighted by Crippen LogP contribution is -2.44. The Morgan fingerprint density at radius 2 is 1.80 bits per heavy atom. The van der Waals surface area contributed by atoms with Gasteiger partial charge in [-0.1, -0.05) is 19.3 Å². The second kappa shape index (κ2) is 8.14. The molecule has 1 aliphatic carbocycles. The third-order valence-electron chi connectivity index (χ3n) is 5.67. The van der Waals surface area contributed by atoms with Crippen LogP contribution < -0.4 is 11.2 Å². The van der Waals surface area contributed by atoms with E-state index in [2.05, 4.69) is 0 Å². The molecule has 0 atom stereocenters. The first-order chi connectivity index (χ1) is 14.4. The van der Waals surface area contributed by atoms with Gasteiger partial charge >= 0.3 is 5.69 Å². The van der Waals surface area contributed by atoms with Crippen LogP contribution >= 0.6 is 11.3 Å². The summed E-state index contributed by atoms with van der Waals surface area (Å²) in [6.07, 6.45) is 5.13. The van der Waals surface area contributed by atoms with Crippen LogP contribution in [0.5, 0.6) is 0 Å². The van der Waals surface area contributed by atoms with Gasteiger partial charge in [-0.15, -0.1) is 11.3 Å². The fraction of sp³-hybridized carbons (Fsp3) is 0.381. The SMILES string of the molecule is CN(C(=O)Cn1c(=O)n(-c2cc(F)cc(F)c2)c(=O)c2sccc21)C1CCCCC1. The molecule has 0 unspecified atom stereocenters. The van der Waals surface area contributed by atoms with Gasteiger partial charge in [0.1, 0.15) is 22.9 Å². The molecule has 4 rings (SSSR count). The van der Waals surface area contributed by atoms with E-state index in [1.54, 1.807) is 23.4 Å². The Kier molecular flexibility index (Phi) is 5.55. The van der Waals surface area contributed by atoms with E-state index in [-0.39, 0.29) is 28.9 Å². The average molecular weight is 433 g/mol. The molecule has 1 aliphatic rings. The molecule has 0 aliphatic heterocycles. The van der Waals surface area contributed by atoms with Gasteiger partial charge in [0.05, 0.1) is 11.2 Å². The van der Waals surface area contributed by atoms with Crippen LogP contribution in [-0.2, 0) is 11.3 Å². The molecule has 30 heavy (non-hydrogen) atoms. The number of rotatable bonds is 4. The molecule has 0 bridgehead atoms. The number of benzene rings is 1. The summed E-state index contributed by atoms with van der Waals surface area (Å²) in [7, 11) is 1.73. The van der Waals surface area contributed by atoms with E-state index in [9.17, 15) is 23.2 Å². The average Bonchev–Trinajstić information content (AvgIpc) is 3.20. The number of amides is 1. The summed E-state index contributed by atoms with van der Waals surface area (Å²) in [5.41, 5.74) is -1.34. The molecule has 158 valence electrons. The molecule has 0 spiro atoms. The lowest BCUT2D eigenvalue weighted by Gasteiger charge is -2.31. The molecule has 2 aromatic heterocycles. The van der Waals surface area contributed by atoms with Crippen LogP contribution in [0, 0.1) is 11.6 Å². The summed E-state index contributed by atoms with van der Waals surface area (Å²) in [5.74, 6) is -2.04. The second-order valence-corrected chi connectivity index (χ2v) is 8.48. The van der Waals surface area contributed by atoms with Gasteiger partial charge < -0.3 is 4.90 Å². The summed E-state index contributed by atoms with van der Waals surface area (Å²) in [6, 6.07) is 4.24. The molecule has 2 heterocycles. The van der Waals surface area contributed by atoms with E-state index in [1.807, 2.05) is 0 Å². The number of hydrogen-bond acceptors (Lipinski definition) is 4. The van der Waals surface area contributed by atoms with Crippen LogP contribution in [0.2, 0.25) is 0 Å². The van der Waals surface area contributed by atoms with Crippen molar-refractivity contribution in [1.29, 1.82) is 0 Å². The predicted octanol–water partition coefficient (Wildman–Crippen LogP) is 3.28. The Bertz CT molecular complexity index is 1200. The number of nitrogens with zero attached hydrogens (tertiary/aromatic N) is 3. The molecule has 1 amide bonds. The van der Waals surface area contributed by atoms with Crippen LogP contribution in [0.3, 0.4) is 0 Å². The van der Waals surface area contributed by atoms with E-state index in [1.165, 1.54) is 4.57 Å². The van der Waals surface area contributed by atoms with Gasteiger partial charge in [-0.25, -0.2) is 18.1 Å². The van der Waals surface area contributed by atoms with E-state index < -0.39 is 22.9 Å². The van der Waals surface area contributed by atoms with Crippen molar-refractivity contribution in [3.63, 3.8) is 0 Å². The Hall–Kier alpha value is -2.81. The highest BCUT2D eigenvalue weighted by molar-refractivity contribution is 7.17. The van der Waals surface area contributed by atoms with Gasteiger partial charge in [0, 0.05) is 19.2 Å². The van der Waals surface area contributed by atoms with Crippen LogP contribution in [0.4, 0.5) is 8.78 Å². The summed E-state index contributed by atoms with van der Waals surface area (Å²) in [4.78, 5) is 40.6. The van der Waals surface area contributed by atoms with Gasteiger partial charge in [0.15, 0.2) is 0 Å². The first-order valence-corrected chi connectivity index (χ1v) is 10.7. The van der Waals surface area contributed by atoms with Crippen molar-refractivity contribution in [2.45, 2.75) is 44.7 Å². The van der Waals surface area contributed by atoms with Crippen molar-refractivity contribution in [3.05, 3.63) is 62.1 Å². The maximum atomic E-state index is 13.7. The van der Waals surface area contributed by atoms with Crippen LogP contribution in [-0.4, -0.2) is 33.0 Å². The highest BCUT2D eigenvalue weighted by Crippen LogP contribution is 2.22. The molecular formula is C21H21F2N3O3S. The van der Waals surface area contributed by atoms with Crippen molar-refractivity contribution >= 4 is 27.5 Å². The minimum absolute atomic E-state index is 0.128. The number of likely N-dealkylation sites (N-methyl/N-ethyl adjacent to an activating group) is 1. The van der Waals surface area contributed by atoms with Crippen LogP contribution in [0.15, 0.2) is 39.2 Å². The monoisotopic (exact) mass is 433 g/mol. The summed E-state index contributed by atoms with van der Waals surface area (Å²) in [5, 5.41) is 1.65. The zero-order valence-electron chi connectivity index (χ0n) is 16.4. The summed E-state index contributed by atoms with van der Waals surface area (Å²) >= 11 is 1.11. The number of fused-ring (bicyclic) bond motifs is 1. The molecule has 0 radical (unpaired) electrons. The lowest BCUT2D eigenvalue weighted by molar-refractivity contribution is -0.133. The minimum Gasteiger partial charge on any atom is -0.341 e. The molecule has 1 aromatic carbocycles. The molecular weight excluding hydrogens is 412 g/mol. The minimum atomic E-state index is -0.901. The van der Waals surface area contributed by atoms with Gasteiger partial charge in [0.25, 0.3) is 5.56 Å². The summed E-state index contributed by atoms with van der Waals surface area (Å²) < 4.78 is 29.6. The van der Waals surface area contributed by atoms with Crippen LogP contribution in [0.1, 0.15) is 32.1 Å². The molecule has 0 saturated heterocycles. The number of thiophene rings is 1. The van der Waals surface area contributed by atoms with E-state index in [0.717, 1.165) is 60.1 Å². The lowest BCUT2D eigenvalue weighted by atomic mass is 9.94. The molecule has 1 fully saturated rings. The quantitative estimate of drug-likeness (QED) is 0.634. The zero-order chi connectivity index (χ0) is 21.4. The molecule has 6 nitrogen and oxygen atoms in total. The maximum Gasteiger partial charge on any atom is 0.336 e. The van der Waals surface area contributed by atoms with Crippen molar-refractivity contribution in [2.75, 3.05) is 7.05 Å². The highest BCUT2D eigenvalue weighted by atomic mass is 32.1. The van der Waals surface area contributed by atoms with E-state index in [4.69, 9.17) is 0 Å². The Labute approximate surface area is 175 Å². The van der Waals surface area contributed by atoms with Gasteiger partial charge in [-0.2, -0.15) is 0 Å². The van der Waals surface area contributed by atoms with Gasteiger partial charge in [-0.05, 0) is 36.4 Å². The Balaban J connectivity index is 1.80. The number of halogens is 2. The largest absolute Gasteiger partial charge is 0.341 e. The fourth-order valence-electron chi connectivity index (χ4n) is 4.05. The number of hydrogen-bond donors (Lipinski definition) is 0. The van der Waals surface area contributed by atoms with E-state index in [0.29, 0.717) is 11.6 Å². The maximum absolute atomic E-state index is 13.7. The number of carbonyl (C=O) groups is 1. The van der Waals surface area contributed by atoms with Crippen molar-refractivity contribution in [2.24, 2.45) is 0 Å². The topological polar surface area (TPSA) is 64.3 Å². The van der Waals surface area contributed by atoms with Crippen molar-refractivity contribution < 1.29 is 13.6 Å². The molecule has 0 N–H and O–H groups in total. The Morgan fingerprint density at radius 1 is 1.13 bits per heavy atom. The van der Waals surface area contributed by atoms with Crippen molar-refractivity contribution in [1.82, 2.24) is 14.0 Å². The molecule has 1 saturated carbocycles. The molecule has 3 aromatic rings. The Morgan fingerprint density at radius 3 is 2.47 bits per heavy atom. The smallest absolute Gasteiger partial charge is 0.336 e. The predicted molar refractivity (Wildman–Crippen MR) is 111 cm³/mol. The third-order valence-corrected chi connectivity index (χ3v) is 6.56. The third kappa shape index (κ3) is 3.69. The first-order valence-electron chi connectivity index (χ1n) is 9.82. The van der Waals surface area contributed by atoms with Gasteiger partial charge in [-0.3, -0.25) is 14.2 Å².